The van der Waals surface area contributed by atoms with Crippen molar-refractivity contribution in [3.8, 4) is 11.5 Å². The van der Waals surface area contributed by atoms with E-state index in [1.54, 1.807) is 43.3 Å². The molecule has 4 rings (SSSR count). The molecule has 0 heterocycles. The zero-order valence-corrected chi connectivity index (χ0v) is 27.3. The largest absolute Gasteiger partial charge is 0.493 e. The minimum Gasteiger partial charge on any atom is -0.493 e. The maximum atomic E-state index is 14.2. The Hall–Kier alpha value is -3.47. The van der Waals surface area contributed by atoms with Gasteiger partial charge in [-0.25, -0.2) is 8.42 Å². The van der Waals surface area contributed by atoms with E-state index in [4.69, 9.17) is 32.7 Å². The number of hydrogen-bond donors (Lipinski definition) is 1. The first kappa shape index (κ1) is 33.4. The maximum absolute atomic E-state index is 14.2. The number of nitrogens with zero attached hydrogens (tertiary/aromatic N) is 2. The third-order valence-corrected chi connectivity index (χ3v) is 10.1. The summed E-state index contributed by atoms with van der Waals surface area (Å²) in [7, 11) is -1.47. The second-order valence-corrected chi connectivity index (χ2v) is 13.3. The van der Waals surface area contributed by atoms with Crippen molar-refractivity contribution >= 4 is 50.7 Å². The van der Waals surface area contributed by atoms with Crippen LogP contribution in [-0.4, -0.2) is 58.0 Å². The van der Waals surface area contributed by atoms with Crippen LogP contribution in [0, 0.1) is 0 Å². The fourth-order valence-corrected chi connectivity index (χ4v) is 6.95. The normalized spacial score (nSPS) is 14.4. The summed E-state index contributed by atoms with van der Waals surface area (Å²) in [6.07, 6.45) is 4.96. The van der Waals surface area contributed by atoms with Crippen LogP contribution < -0.4 is 19.1 Å². The summed E-state index contributed by atoms with van der Waals surface area (Å²) in [6.45, 7) is 1.05. The van der Waals surface area contributed by atoms with Gasteiger partial charge in [-0.2, -0.15) is 0 Å². The number of sulfonamides is 1. The van der Waals surface area contributed by atoms with Gasteiger partial charge in [0.2, 0.25) is 11.8 Å². The lowest BCUT2D eigenvalue weighted by Gasteiger charge is -2.33. The maximum Gasteiger partial charge on any atom is 0.264 e. The van der Waals surface area contributed by atoms with Crippen molar-refractivity contribution in [1.29, 1.82) is 0 Å². The zero-order chi connectivity index (χ0) is 31.9. The zero-order valence-electron chi connectivity index (χ0n) is 25.0. The first-order chi connectivity index (χ1) is 21.0. The smallest absolute Gasteiger partial charge is 0.264 e. The summed E-state index contributed by atoms with van der Waals surface area (Å²) in [5.41, 5.74) is 0.843. The van der Waals surface area contributed by atoms with Crippen LogP contribution in [0.2, 0.25) is 10.0 Å². The molecule has 1 N–H and O–H groups in total. The molecule has 1 aliphatic carbocycles. The molecule has 3 aromatic rings. The van der Waals surface area contributed by atoms with Crippen LogP contribution in [0.15, 0.2) is 71.6 Å². The SMILES string of the molecule is COc1ccc(S(=O)(=O)N(CC(=O)N(Cc2ccccc2Cl)C(C)C(=O)NC2CCCCC2)c2ccc(Cl)cc2)cc1OC. The molecule has 0 aliphatic heterocycles. The van der Waals surface area contributed by atoms with Crippen LogP contribution in [0.3, 0.4) is 0 Å². The number of halogens is 2. The Morgan fingerprint density at radius 2 is 1.59 bits per heavy atom. The summed E-state index contributed by atoms with van der Waals surface area (Å²) in [4.78, 5) is 28.9. The standard InChI is InChI=1S/C32H37Cl2N3O6S/c1-22(32(39)35-25-10-5-4-6-11-25)36(20-23-9-7-8-12-28(23)34)31(38)21-37(26-15-13-24(33)14-16-26)44(40,41)27-17-18-29(42-2)30(19-27)43-3/h7-9,12-19,22,25H,4-6,10-11,20-21H2,1-3H3,(H,35,39). The molecule has 1 saturated carbocycles. The third kappa shape index (κ3) is 7.97. The molecule has 1 atom stereocenters. The second-order valence-electron chi connectivity index (χ2n) is 10.6. The van der Waals surface area contributed by atoms with E-state index in [0.29, 0.717) is 21.4 Å². The van der Waals surface area contributed by atoms with E-state index in [-0.39, 0.29) is 34.8 Å². The van der Waals surface area contributed by atoms with Gasteiger partial charge in [-0.15, -0.1) is 0 Å². The van der Waals surface area contributed by atoms with Gasteiger partial charge in [-0.3, -0.25) is 13.9 Å². The van der Waals surface area contributed by atoms with Gasteiger partial charge in [-0.1, -0.05) is 60.7 Å². The molecule has 1 fully saturated rings. The van der Waals surface area contributed by atoms with Crippen molar-refractivity contribution in [1.82, 2.24) is 10.2 Å². The van der Waals surface area contributed by atoms with Crippen molar-refractivity contribution < 1.29 is 27.5 Å². The number of methoxy groups -OCH3 is 2. The van der Waals surface area contributed by atoms with Gasteiger partial charge in [-0.05, 0) is 67.8 Å². The molecule has 3 aromatic carbocycles. The fraction of sp³-hybridized carbons (Fsp3) is 0.375. The highest BCUT2D eigenvalue weighted by atomic mass is 35.5. The van der Waals surface area contributed by atoms with E-state index in [1.807, 2.05) is 0 Å². The third-order valence-electron chi connectivity index (χ3n) is 7.75. The minimum absolute atomic E-state index is 0.00260. The van der Waals surface area contributed by atoms with E-state index in [1.165, 1.54) is 49.5 Å². The van der Waals surface area contributed by atoms with Crippen LogP contribution >= 0.6 is 23.2 Å². The summed E-state index contributed by atoms with van der Waals surface area (Å²) in [5.74, 6) is -0.332. The van der Waals surface area contributed by atoms with Crippen LogP contribution in [-0.2, 0) is 26.2 Å². The van der Waals surface area contributed by atoms with Gasteiger partial charge in [0, 0.05) is 28.7 Å². The van der Waals surface area contributed by atoms with Gasteiger partial charge in [0.25, 0.3) is 10.0 Å². The number of rotatable bonds is 12. The molecular formula is C32H37Cl2N3O6S. The van der Waals surface area contributed by atoms with Gasteiger partial charge < -0.3 is 19.7 Å². The number of hydrogen-bond acceptors (Lipinski definition) is 6. The highest BCUT2D eigenvalue weighted by molar-refractivity contribution is 7.92. The number of carbonyl (C=O) groups is 2. The van der Waals surface area contributed by atoms with E-state index < -0.39 is 28.5 Å². The van der Waals surface area contributed by atoms with Crippen LogP contribution in [0.25, 0.3) is 0 Å². The lowest BCUT2D eigenvalue weighted by atomic mass is 9.95. The molecule has 0 saturated heterocycles. The molecule has 0 bridgehead atoms. The molecule has 12 heteroatoms. The summed E-state index contributed by atoms with van der Waals surface area (Å²) in [6, 6.07) is 16.5. The Morgan fingerprint density at radius 3 is 2.23 bits per heavy atom. The molecule has 0 spiro atoms. The number of carbonyl (C=O) groups excluding carboxylic acids is 2. The molecule has 2 amide bonds. The van der Waals surface area contributed by atoms with Crippen molar-refractivity contribution in [2.45, 2.75) is 62.6 Å². The van der Waals surface area contributed by atoms with Crippen LogP contribution in [0.5, 0.6) is 11.5 Å². The predicted molar refractivity (Wildman–Crippen MR) is 172 cm³/mol. The van der Waals surface area contributed by atoms with Gasteiger partial charge in [0.1, 0.15) is 12.6 Å². The van der Waals surface area contributed by atoms with E-state index >= 15 is 0 Å². The highest BCUT2D eigenvalue weighted by Gasteiger charge is 2.34. The van der Waals surface area contributed by atoms with Crippen molar-refractivity contribution in [3.63, 3.8) is 0 Å². The van der Waals surface area contributed by atoms with E-state index in [2.05, 4.69) is 5.32 Å². The topological polar surface area (TPSA) is 105 Å². The molecule has 9 nitrogen and oxygen atoms in total. The molecule has 236 valence electrons. The summed E-state index contributed by atoms with van der Waals surface area (Å²) in [5, 5.41) is 3.92. The molecule has 44 heavy (non-hydrogen) atoms. The fourth-order valence-electron chi connectivity index (χ4n) is 5.20. The number of anilines is 1. The molecule has 0 radical (unpaired) electrons. The monoisotopic (exact) mass is 661 g/mol. The number of ether oxygens (including phenoxy) is 2. The quantitative estimate of drug-likeness (QED) is 0.253. The Bertz CT molecular complexity index is 1560. The molecule has 1 unspecified atom stereocenters. The lowest BCUT2D eigenvalue weighted by Crippen LogP contribution is -2.53. The average Bonchev–Trinajstić information content (AvgIpc) is 3.03. The second kappa shape index (κ2) is 15.0. The Kier molecular flexibility index (Phi) is 11.4. The Morgan fingerprint density at radius 1 is 0.932 bits per heavy atom. The van der Waals surface area contributed by atoms with Crippen molar-refractivity contribution in [2.75, 3.05) is 25.1 Å². The summed E-state index contributed by atoms with van der Waals surface area (Å²) >= 11 is 12.6. The predicted octanol–water partition coefficient (Wildman–Crippen LogP) is 6.07. The average molecular weight is 663 g/mol. The van der Waals surface area contributed by atoms with Gasteiger partial charge in [0.05, 0.1) is 24.8 Å². The van der Waals surface area contributed by atoms with Crippen LogP contribution in [0.1, 0.15) is 44.6 Å². The van der Waals surface area contributed by atoms with Crippen LogP contribution in [0.4, 0.5) is 5.69 Å². The van der Waals surface area contributed by atoms with E-state index in [9.17, 15) is 18.0 Å². The van der Waals surface area contributed by atoms with Gasteiger partial charge in [0.15, 0.2) is 11.5 Å². The van der Waals surface area contributed by atoms with Crippen molar-refractivity contribution in [3.05, 3.63) is 82.3 Å². The van der Waals surface area contributed by atoms with Gasteiger partial charge >= 0.3 is 0 Å². The van der Waals surface area contributed by atoms with E-state index in [0.717, 1.165) is 36.4 Å². The lowest BCUT2D eigenvalue weighted by molar-refractivity contribution is -0.139. The highest BCUT2D eigenvalue weighted by Crippen LogP contribution is 2.33. The molecular weight excluding hydrogens is 625 g/mol. The number of nitrogens with one attached hydrogen (secondary N) is 1. The summed E-state index contributed by atoms with van der Waals surface area (Å²) < 4.78 is 39.9. The first-order valence-corrected chi connectivity index (χ1v) is 16.6. The molecule has 1 aliphatic rings. The first-order valence-electron chi connectivity index (χ1n) is 14.4. The van der Waals surface area contributed by atoms with Crippen molar-refractivity contribution in [2.24, 2.45) is 0 Å². The Balaban J connectivity index is 1.71. The number of benzene rings is 3. The Labute approximate surface area is 269 Å². The minimum atomic E-state index is -4.32. The molecule has 0 aromatic heterocycles. The number of amides is 2.